The first-order valence-corrected chi connectivity index (χ1v) is 10.7. The van der Waals surface area contributed by atoms with E-state index in [2.05, 4.69) is 4.98 Å². The van der Waals surface area contributed by atoms with Crippen molar-refractivity contribution in [1.29, 1.82) is 0 Å². The SMILES string of the molecule is CCOc1ccc(N2C(=O)C(=O)/C(=C(\O)c3ccc(OC)c(OC)c3)C2c2ccccn2)cc1. The number of aliphatic hydroxyl groups is 1. The van der Waals surface area contributed by atoms with E-state index in [-0.39, 0.29) is 11.3 Å². The molecule has 174 valence electrons. The minimum atomic E-state index is -0.924. The second-order valence-corrected chi connectivity index (χ2v) is 7.42. The molecule has 0 saturated carbocycles. The highest BCUT2D eigenvalue weighted by Gasteiger charge is 2.47. The van der Waals surface area contributed by atoms with Crippen LogP contribution in [0.2, 0.25) is 0 Å². The van der Waals surface area contributed by atoms with Crippen molar-refractivity contribution in [3.63, 3.8) is 0 Å². The van der Waals surface area contributed by atoms with Gasteiger partial charge in [-0.15, -0.1) is 0 Å². The van der Waals surface area contributed by atoms with E-state index in [1.165, 1.54) is 19.1 Å². The van der Waals surface area contributed by atoms with E-state index in [0.29, 0.717) is 40.8 Å². The van der Waals surface area contributed by atoms with Crippen LogP contribution in [0.25, 0.3) is 5.76 Å². The molecule has 8 heteroatoms. The van der Waals surface area contributed by atoms with Crippen LogP contribution in [-0.4, -0.2) is 42.6 Å². The summed E-state index contributed by atoms with van der Waals surface area (Å²) in [4.78, 5) is 32.1. The third-order valence-electron chi connectivity index (χ3n) is 5.50. The van der Waals surface area contributed by atoms with Gasteiger partial charge < -0.3 is 19.3 Å². The zero-order valence-electron chi connectivity index (χ0n) is 19.0. The summed E-state index contributed by atoms with van der Waals surface area (Å²) in [6.07, 6.45) is 1.57. The second kappa shape index (κ2) is 9.66. The molecule has 2 heterocycles. The van der Waals surface area contributed by atoms with Crippen LogP contribution in [0.15, 0.2) is 72.4 Å². The molecule has 1 amide bonds. The Morgan fingerprint density at radius 3 is 2.35 bits per heavy atom. The van der Waals surface area contributed by atoms with Crippen LogP contribution in [0.4, 0.5) is 5.69 Å². The zero-order chi connectivity index (χ0) is 24.2. The number of pyridine rings is 1. The van der Waals surface area contributed by atoms with Gasteiger partial charge in [-0.25, -0.2) is 0 Å². The quantitative estimate of drug-likeness (QED) is 0.322. The summed E-state index contributed by atoms with van der Waals surface area (Å²) in [5.41, 5.74) is 1.17. The molecule has 0 radical (unpaired) electrons. The van der Waals surface area contributed by atoms with Gasteiger partial charge in [-0.05, 0) is 61.5 Å². The van der Waals surface area contributed by atoms with Gasteiger partial charge >= 0.3 is 0 Å². The van der Waals surface area contributed by atoms with E-state index in [0.717, 1.165) is 0 Å². The smallest absolute Gasteiger partial charge is 0.300 e. The van der Waals surface area contributed by atoms with Gasteiger partial charge in [0.2, 0.25) is 0 Å². The minimum Gasteiger partial charge on any atom is -0.507 e. The first-order valence-electron chi connectivity index (χ1n) is 10.7. The molecule has 34 heavy (non-hydrogen) atoms. The Kier molecular flexibility index (Phi) is 6.49. The van der Waals surface area contributed by atoms with Crippen LogP contribution in [0.3, 0.4) is 0 Å². The second-order valence-electron chi connectivity index (χ2n) is 7.42. The van der Waals surface area contributed by atoms with Crippen LogP contribution in [-0.2, 0) is 9.59 Å². The maximum atomic E-state index is 13.2. The summed E-state index contributed by atoms with van der Waals surface area (Å²) in [5.74, 6) is -0.415. The van der Waals surface area contributed by atoms with Gasteiger partial charge in [0, 0.05) is 17.4 Å². The number of benzene rings is 2. The Bertz CT molecular complexity index is 1240. The summed E-state index contributed by atoms with van der Waals surface area (Å²) in [5, 5.41) is 11.2. The van der Waals surface area contributed by atoms with Crippen molar-refractivity contribution in [2.45, 2.75) is 13.0 Å². The molecular formula is C26H24N2O6. The lowest BCUT2D eigenvalue weighted by molar-refractivity contribution is -0.132. The molecule has 1 aromatic heterocycles. The predicted octanol–water partition coefficient (Wildman–Crippen LogP) is 4.12. The van der Waals surface area contributed by atoms with Gasteiger partial charge in [0.25, 0.3) is 11.7 Å². The van der Waals surface area contributed by atoms with Gasteiger partial charge in [0.15, 0.2) is 11.5 Å². The Morgan fingerprint density at radius 2 is 1.74 bits per heavy atom. The fourth-order valence-corrected chi connectivity index (χ4v) is 3.93. The number of Topliss-reactive ketones (excluding diaryl/α,β-unsaturated/α-hetero) is 1. The third-order valence-corrected chi connectivity index (χ3v) is 5.50. The first-order chi connectivity index (χ1) is 16.5. The molecule has 1 N–H and O–H groups in total. The number of aliphatic hydroxyl groups excluding tert-OH is 1. The molecule has 1 atom stereocenters. The predicted molar refractivity (Wildman–Crippen MR) is 126 cm³/mol. The zero-order valence-corrected chi connectivity index (χ0v) is 19.0. The Hall–Kier alpha value is -4.33. The van der Waals surface area contributed by atoms with Gasteiger partial charge in [-0.3, -0.25) is 19.5 Å². The van der Waals surface area contributed by atoms with E-state index < -0.39 is 17.7 Å². The number of hydrogen-bond donors (Lipinski definition) is 1. The van der Waals surface area contributed by atoms with Crippen LogP contribution >= 0.6 is 0 Å². The molecule has 0 bridgehead atoms. The average Bonchev–Trinajstić information content (AvgIpc) is 3.14. The van der Waals surface area contributed by atoms with Crippen molar-refractivity contribution < 1.29 is 28.9 Å². The van der Waals surface area contributed by atoms with Crippen LogP contribution in [0, 0.1) is 0 Å². The Balaban J connectivity index is 1.88. The van der Waals surface area contributed by atoms with E-state index in [1.54, 1.807) is 66.9 Å². The normalized spacial score (nSPS) is 17.0. The highest BCUT2D eigenvalue weighted by atomic mass is 16.5. The van der Waals surface area contributed by atoms with Gasteiger partial charge in [0.05, 0.1) is 32.1 Å². The monoisotopic (exact) mass is 460 g/mol. The van der Waals surface area contributed by atoms with Gasteiger partial charge in [0.1, 0.15) is 17.6 Å². The lowest BCUT2D eigenvalue weighted by Gasteiger charge is -2.24. The summed E-state index contributed by atoms with van der Waals surface area (Å²) >= 11 is 0. The van der Waals surface area contributed by atoms with Crippen molar-refractivity contribution in [3.8, 4) is 17.2 Å². The molecule has 0 spiro atoms. The number of rotatable bonds is 7. The molecular weight excluding hydrogens is 436 g/mol. The molecule has 1 unspecified atom stereocenters. The molecule has 8 nitrogen and oxygen atoms in total. The van der Waals surface area contributed by atoms with E-state index in [4.69, 9.17) is 14.2 Å². The highest BCUT2D eigenvalue weighted by Crippen LogP contribution is 2.42. The van der Waals surface area contributed by atoms with Crippen molar-refractivity contribution in [2.75, 3.05) is 25.7 Å². The number of ketones is 1. The average molecular weight is 460 g/mol. The molecule has 4 rings (SSSR count). The lowest BCUT2D eigenvalue weighted by Crippen LogP contribution is -2.29. The molecule has 1 fully saturated rings. The van der Waals surface area contributed by atoms with E-state index >= 15 is 0 Å². The number of aromatic nitrogens is 1. The van der Waals surface area contributed by atoms with Crippen molar-refractivity contribution in [3.05, 3.63) is 83.7 Å². The molecule has 1 aliphatic heterocycles. The maximum Gasteiger partial charge on any atom is 0.300 e. The van der Waals surface area contributed by atoms with Crippen LogP contribution < -0.4 is 19.1 Å². The number of ether oxygens (including phenoxy) is 3. The number of methoxy groups -OCH3 is 2. The van der Waals surface area contributed by atoms with E-state index in [9.17, 15) is 14.7 Å². The first kappa shape index (κ1) is 22.8. The van der Waals surface area contributed by atoms with Crippen molar-refractivity contribution >= 4 is 23.1 Å². The number of carbonyl (C=O) groups excluding carboxylic acids is 2. The van der Waals surface area contributed by atoms with Crippen molar-refractivity contribution in [1.82, 2.24) is 4.98 Å². The van der Waals surface area contributed by atoms with Gasteiger partial charge in [-0.1, -0.05) is 6.07 Å². The fraction of sp³-hybridized carbons (Fsp3) is 0.192. The fourth-order valence-electron chi connectivity index (χ4n) is 3.93. The summed E-state index contributed by atoms with van der Waals surface area (Å²) < 4.78 is 16.1. The lowest BCUT2D eigenvalue weighted by atomic mass is 9.98. The Morgan fingerprint density at radius 1 is 1.00 bits per heavy atom. The molecule has 1 aliphatic rings. The standard InChI is InChI=1S/C26H24N2O6/c1-4-34-18-11-9-17(10-12-18)28-23(19-7-5-6-14-27-19)22(25(30)26(28)31)24(29)16-8-13-20(32-2)21(15-16)33-3/h5-15,23,29H,4H2,1-3H3/b24-22-. The largest absolute Gasteiger partial charge is 0.507 e. The van der Waals surface area contributed by atoms with E-state index in [1.807, 2.05) is 6.92 Å². The Labute approximate surface area is 197 Å². The van der Waals surface area contributed by atoms with Gasteiger partial charge in [-0.2, -0.15) is 0 Å². The number of nitrogens with zero attached hydrogens (tertiary/aromatic N) is 2. The highest BCUT2D eigenvalue weighted by molar-refractivity contribution is 6.51. The topological polar surface area (TPSA) is 98.2 Å². The number of carbonyl (C=O) groups is 2. The number of anilines is 1. The minimum absolute atomic E-state index is 0.0650. The molecule has 1 saturated heterocycles. The molecule has 3 aromatic rings. The number of hydrogen-bond acceptors (Lipinski definition) is 7. The summed E-state index contributed by atoms with van der Waals surface area (Å²) in [7, 11) is 2.97. The van der Waals surface area contributed by atoms with Crippen LogP contribution in [0.5, 0.6) is 17.2 Å². The maximum absolute atomic E-state index is 13.2. The summed E-state index contributed by atoms with van der Waals surface area (Å²) in [6.45, 7) is 2.38. The number of amides is 1. The molecule has 2 aromatic carbocycles. The van der Waals surface area contributed by atoms with Crippen molar-refractivity contribution in [2.24, 2.45) is 0 Å². The summed E-state index contributed by atoms with van der Waals surface area (Å²) in [6, 6.07) is 15.9. The van der Waals surface area contributed by atoms with Crippen LogP contribution in [0.1, 0.15) is 24.2 Å². The third kappa shape index (κ3) is 4.05. The molecule has 0 aliphatic carbocycles.